The van der Waals surface area contributed by atoms with Gasteiger partial charge < -0.3 is 9.97 Å². The summed E-state index contributed by atoms with van der Waals surface area (Å²) >= 11 is 0. The molecule has 2 N–H and O–H groups in total. The number of hydrogen-bond acceptors (Lipinski definition) is 5. The molecule has 0 amide bonds. The van der Waals surface area contributed by atoms with Crippen LogP contribution in [0.5, 0.6) is 0 Å². The summed E-state index contributed by atoms with van der Waals surface area (Å²) < 4.78 is 0. The van der Waals surface area contributed by atoms with E-state index in [1.54, 1.807) is 18.6 Å². The highest BCUT2D eigenvalue weighted by atomic mass is 15.3. The van der Waals surface area contributed by atoms with Gasteiger partial charge in [0, 0.05) is 18.6 Å². The van der Waals surface area contributed by atoms with Crippen LogP contribution in [0, 0.1) is 0 Å². The van der Waals surface area contributed by atoms with Crippen LogP contribution in [0.1, 0.15) is 0 Å². The summed E-state index contributed by atoms with van der Waals surface area (Å²) in [5.74, 6) is 1.39. The molecule has 7 nitrogen and oxygen atoms in total. The minimum absolute atomic E-state index is 0.375. The van der Waals surface area contributed by atoms with Crippen molar-refractivity contribution in [3.63, 3.8) is 0 Å². The molecule has 0 aliphatic rings. The largest absolute Gasteiger partial charge is 0.359 e. The van der Waals surface area contributed by atoms with Crippen LogP contribution in [0.25, 0.3) is 23.2 Å². The number of nitrogens with one attached hydrogen (secondary N) is 2. The first-order chi connectivity index (χ1) is 7.93. The number of rotatable bonds is 2. The first kappa shape index (κ1) is 8.72. The van der Waals surface area contributed by atoms with Crippen LogP contribution in [0.3, 0.4) is 0 Å². The van der Waals surface area contributed by atoms with Gasteiger partial charge in [0.05, 0.1) is 5.69 Å². The standard InChI is InChI=1S/C9H7N7/c1-2-6(10-3-1)7-13-15-9(16-14-7)8-11-4-5-12-8/h1-5,10H,(H,11,12). The first-order valence-corrected chi connectivity index (χ1v) is 4.64. The molecule has 0 fully saturated rings. The van der Waals surface area contributed by atoms with Crippen molar-refractivity contribution in [1.29, 1.82) is 0 Å². The van der Waals surface area contributed by atoms with Gasteiger partial charge in [-0.1, -0.05) is 0 Å². The number of H-pyrrole nitrogens is 2. The van der Waals surface area contributed by atoms with Crippen molar-refractivity contribution < 1.29 is 0 Å². The Kier molecular flexibility index (Phi) is 1.93. The van der Waals surface area contributed by atoms with Gasteiger partial charge in [-0.15, -0.1) is 20.4 Å². The fourth-order valence-electron chi connectivity index (χ4n) is 1.29. The van der Waals surface area contributed by atoms with Gasteiger partial charge in [0.2, 0.25) is 11.6 Å². The monoisotopic (exact) mass is 213 g/mol. The highest BCUT2D eigenvalue weighted by molar-refractivity contribution is 5.48. The van der Waals surface area contributed by atoms with Gasteiger partial charge >= 0.3 is 0 Å². The molecular weight excluding hydrogens is 206 g/mol. The summed E-state index contributed by atoms with van der Waals surface area (Å²) in [4.78, 5) is 9.87. The molecule has 0 bridgehead atoms. The van der Waals surface area contributed by atoms with E-state index >= 15 is 0 Å². The van der Waals surface area contributed by atoms with Crippen molar-refractivity contribution in [2.45, 2.75) is 0 Å². The minimum Gasteiger partial charge on any atom is -0.359 e. The molecule has 78 valence electrons. The quantitative estimate of drug-likeness (QED) is 0.651. The Bertz CT molecular complexity index is 499. The summed E-state index contributed by atoms with van der Waals surface area (Å²) in [5.41, 5.74) is 0.783. The second kappa shape index (κ2) is 3.54. The van der Waals surface area contributed by atoms with E-state index < -0.39 is 0 Å². The van der Waals surface area contributed by atoms with Crippen molar-refractivity contribution >= 4 is 0 Å². The third-order valence-electron chi connectivity index (χ3n) is 2.03. The van der Waals surface area contributed by atoms with E-state index in [2.05, 4.69) is 35.3 Å². The summed E-state index contributed by atoms with van der Waals surface area (Å²) in [7, 11) is 0. The molecule has 0 radical (unpaired) electrons. The minimum atomic E-state index is 0.375. The summed E-state index contributed by atoms with van der Waals surface area (Å²) in [6, 6.07) is 3.71. The highest BCUT2D eigenvalue weighted by Crippen LogP contribution is 2.10. The van der Waals surface area contributed by atoms with Crippen molar-refractivity contribution in [2.24, 2.45) is 0 Å². The van der Waals surface area contributed by atoms with Crippen molar-refractivity contribution in [2.75, 3.05) is 0 Å². The summed E-state index contributed by atoms with van der Waals surface area (Å²) in [6.07, 6.45) is 5.11. The molecule has 3 rings (SSSR count). The molecule has 0 saturated carbocycles. The molecular formula is C9H7N7. The Labute approximate surface area is 90.0 Å². The van der Waals surface area contributed by atoms with Crippen molar-refractivity contribution in [3.05, 3.63) is 30.7 Å². The fraction of sp³-hybridized carbons (Fsp3) is 0. The second-order valence-corrected chi connectivity index (χ2v) is 3.07. The Morgan fingerprint density at radius 3 is 2.31 bits per heavy atom. The zero-order valence-electron chi connectivity index (χ0n) is 8.12. The molecule has 0 atom stereocenters. The summed E-state index contributed by atoms with van der Waals surface area (Å²) in [5, 5.41) is 15.8. The maximum atomic E-state index is 4.01. The number of nitrogens with zero attached hydrogens (tertiary/aromatic N) is 5. The van der Waals surface area contributed by atoms with E-state index in [0.717, 1.165) is 5.69 Å². The van der Waals surface area contributed by atoms with Crippen LogP contribution >= 0.6 is 0 Å². The molecule has 0 saturated heterocycles. The molecule has 3 heterocycles. The van der Waals surface area contributed by atoms with E-state index in [0.29, 0.717) is 17.5 Å². The third-order valence-corrected chi connectivity index (χ3v) is 2.03. The number of imidazole rings is 1. The lowest BCUT2D eigenvalue weighted by Crippen LogP contribution is -2.00. The van der Waals surface area contributed by atoms with Crippen LogP contribution in [-0.2, 0) is 0 Å². The van der Waals surface area contributed by atoms with Gasteiger partial charge in [0.1, 0.15) is 0 Å². The third kappa shape index (κ3) is 1.44. The van der Waals surface area contributed by atoms with Crippen LogP contribution in [0.4, 0.5) is 0 Å². The van der Waals surface area contributed by atoms with Gasteiger partial charge in [0.15, 0.2) is 5.82 Å². The number of hydrogen-bond donors (Lipinski definition) is 2. The van der Waals surface area contributed by atoms with E-state index in [9.17, 15) is 0 Å². The van der Waals surface area contributed by atoms with Gasteiger partial charge in [-0.2, -0.15) is 0 Å². The van der Waals surface area contributed by atoms with E-state index in [-0.39, 0.29) is 0 Å². The van der Waals surface area contributed by atoms with Crippen molar-refractivity contribution in [1.82, 2.24) is 35.3 Å². The highest BCUT2D eigenvalue weighted by Gasteiger charge is 2.07. The lowest BCUT2D eigenvalue weighted by molar-refractivity contribution is 0.862. The lowest BCUT2D eigenvalue weighted by atomic mass is 10.4. The second-order valence-electron chi connectivity index (χ2n) is 3.07. The van der Waals surface area contributed by atoms with Gasteiger partial charge in [-0.05, 0) is 12.1 Å². The van der Waals surface area contributed by atoms with Crippen LogP contribution in [0.15, 0.2) is 30.7 Å². The molecule has 7 heteroatoms. The summed E-state index contributed by atoms with van der Waals surface area (Å²) in [6.45, 7) is 0. The maximum absolute atomic E-state index is 4.01. The SMILES string of the molecule is c1c[nH]c(-c2nnc(-c3ncc[nH]3)nn2)c1. The predicted octanol–water partition coefficient (Wildman–Crippen LogP) is 0.652. The Hall–Kier alpha value is -2.57. The molecule has 0 unspecified atom stereocenters. The molecule has 16 heavy (non-hydrogen) atoms. The fourth-order valence-corrected chi connectivity index (χ4v) is 1.29. The molecule has 0 spiro atoms. The average molecular weight is 213 g/mol. The lowest BCUT2D eigenvalue weighted by Gasteiger charge is -1.95. The Balaban J connectivity index is 1.97. The van der Waals surface area contributed by atoms with Gasteiger partial charge in [-0.25, -0.2) is 4.98 Å². The van der Waals surface area contributed by atoms with E-state index in [4.69, 9.17) is 0 Å². The normalized spacial score (nSPS) is 10.5. The number of aromatic nitrogens is 7. The van der Waals surface area contributed by atoms with Gasteiger partial charge in [0.25, 0.3) is 0 Å². The van der Waals surface area contributed by atoms with Crippen LogP contribution < -0.4 is 0 Å². The maximum Gasteiger partial charge on any atom is 0.238 e. The van der Waals surface area contributed by atoms with Crippen LogP contribution in [0.2, 0.25) is 0 Å². The van der Waals surface area contributed by atoms with E-state index in [1.165, 1.54) is 0 Å². The Morgan fingerprint density at radius 1 is 0.875 bits per heavy atom. The van der Waals surface area contributed by atoms with E-state index in [1.807, 2.05) is 12.1 Å². The number of aromatic amines is 2. The molecule has 3 aromatic heterocycles. The topological polar surface area (TPSA) is 96.0 Å². The van der Waals surface area contributed by atoms with Gasteiger partial charge in [-0.3, -0.25) is 0 Å². The smallest absolute Gasteiger partial charge is 0.238 e. The Morgan fingerprint density at radius 2 is 1.69 bits per heavy atom. The first-order valence-electron chi connectivity index (χ1n) is 4.64. The zero-order chi connectivity index (χ0) is 10.8. The molecule has 0 aliphatic carbocycles. The predicted molar refractivity (Wildman–Crippen MR) is 55.0 cm³/mol. The average Bonchev–Trinajstić information content (AvgIpc) is 3.03. The van der Waals surface area contributed by atoms with Crippen molar-refractivity contribution in [3.8, 4) is 23.2 Å². The molecule has 0 aromatic carbocycles. The molecule has 3 aromatic rings. The molecule has 0 aliphatic heterocycles. The zero-order valence-corrected chi connectivity index (χ0v) is 8.12. The van der Waals surface area contributed by atoms with Crippen LogP contribution in [-0.4, -0.2) is 35.3 Å².